The first kappa shape index (κ1) is 19.1. The lowest BCUT2D eigenvalue weighted by atomic mass is 9.69. The molecule has 2 heterocycles. The van der Waals surface area contributed by atoms with Crippen LogP contribution in [0.25, 0.3) is 10.2 Å². The van der Waals surface area contributed by atoms with E-state index in [1.165, 1.54) is 34.2 Å². The van der Waals surface area contributed by atoms with Gasteiger partial charge in [0.25, 0.3) is 0 Å². The van der Waals surface area contributed by atoms with E-state index >= 15 is 0 Å². The van der Waals surface area contributed by atoms with Crippen molar-refractivity contribution >= 4 is 33.6 Å². The van der Waals surface area contributed by atoms with E-state index in [1.807, 2.05) is 17.6 Å². The lowest BCUT2D eigenvalue weighted by Gasteiger charge is -2.36. The van der Waals surface area contributed by atoms with E-state index in [1.54, 1.807) is 6.33 Å². The lowest BCUT2D eigenvalue weighted by Crippen LogP contribution is -2.28. The minimum atomic E-state index is 0.360. The van der Waals surface area contributed by atoms with Crippen LogP contribution in [0.2, 0.25) is 0 Å². The first-order chi connectivity index (χ1) is 13.5. The van der Waals surface area contributed by atoms with Gasteiger partial charge in [-0.15, -0.1) is 11.3 Å². The highest BCUT2D eigenvalue weighted by Crippen LogP contribution is 2.45. The molecule has 2 aromatic heterocycles. The molecule has 0 saturated carbocycles. The van der Waals surface area contributed by atoms with Crippen molar-refractivity contribution in [1.82, 2.24) is 9.97 Å². The Morgan fingerprint density at radius 3 is 2.79 bits per heavy atom. The predicted octanol–water partition coefficient (Wildman–Crippen LogP) is 5.99. The van der Waals surface area contributed by atoms with E-state index in [0.717, 1.165) is 29.1 Å². The van der Waals surface area contributed by atoms with Crippen LogP contribution in [0.3, 0.4) is 0 Å². The summed E-state index contributed by atoms with van der Waals surface area (Å²) in [5, 5.41) is 5.61. The number of nitrogens with zero attached hydrogens (tertiary/aromatic N) is 3. The summed E-state index contributed by atoms with van der Waals surface area (Å²) in [4.78, 5) is 11.6. The Kier molecular flexibility index (Phi) is 5.19. The van der Waals surface area contributed by atoms with Crippen LogP contribution in [0.1, 0.15) is 55.2 Å². The fourth-order valence-electron chi connectivity index (χ4n) is 3.97. The van der Waals surface area contributed by atoms with Gasteiger partial charge in [0.15, 0.2) is 5.82 Å². The fraction of sp³-hybridized carbons (Fsp3) is 0.435. The predicted molar refractivity (Wildman–Crippen MR) is 119 cm³/mol. The van der Waals surface area contributed by atoms with Crippen LogP contribution in [0.5, 0.6) is 0 Å². The zero-order valence-electron chi connectivity index (χ0n) is 17.1. The van der Waals surface area contributed by atoms with E-state index in [4.69, 9.17) is 0 Å². The molecule has 0 fully saturated rings. The minimum Gasteiger partial charge on any atom is -0.261 e. The Hall–Kier alpha value is -2.27. The molecular formula is C23H28N4S. The second-order valence-corrected chi connectivity index (χ2v) is 9.55. The summed E-state index contributed by atoms with van der Waals surface area (Å²) in [5.74, 6) is 1.52. The third-order valence-corrected chi connectivity index (χ3v) is 7.52. The van der Waals surface area contributed by atoms with Crippen molar-refractivity contribution in [3.05, 3.63) is 52.2 Å². The average Bonchev–Trinajstić information content (AvgIpc) is 3.08. The Bertz CT molecular complexity index is 1000. The molecule has 1 aliphatic rings. The molecule has 4 nitrogen and oxygen atoms in total. The zero-order valence-corrected chi connectivity index (χ0v) is 17.9. The number of aromatic nitrogens is 2. The number of anilines is 1. The van der Waals surface area contributed by atoms with E-state index in [2.05, 4.69) is 72.5 Å². The molecule has 0 spiro atoms. The van der Waals surface area contributed by atoms with Gasteiger partial charge in [-0.2, -0.15) is 5.10 Å². The van der Waals surface area contributed by atoms with Gasteiger partial charge in [0.1, 0.15) is 11.2 Å². The summed E-state index contributed by atoms with van der Waals surface area (Å²) in [6, 6.07) is 8.32. The maximum Gasteiger partial charge on any atom is 0.158 e. The van der Waals surface area contributed by atoms with Gasteiger partial charge in [-0.05, 0) is 48.6 Å². The number of nitrogens with one attached hydrogen (secondary N) is 1. The number of thiophene rings is 1. The van der Waals surface area contributed by atoms with Crippen molar-refractivity contribution in [1.29, 1.82) is 0 Å². The van der Waals surface area contributed by atoms with Crippen LogP contribution in [-0.2, 0) is 12.8 Å². The van der Waals surface area contributed by atoms with Gasteiger partial charge in [-0.3, -0.25) is 5.43 Å². The first-order valence-corrected chi connectivity index (χ1v) is 10.9. The number of aryl methyl sites for hydroxylation is 2. The number of hydrogen-bond donors (Lipinski definition) is 1. The van der Waals surface area contributed by atoms with Crippen LogP contribution in [0.4, 0.5) is 5.82 Å². The largest absolute Gasteiger partial charge is 0.261 e. The quantitative estimate of drug-likeness (QED) is 0.429. The van der Waals surface area contributed by atoms with Crippen LogP contribution < -0.4 is 5.43 Å². The maximum atomic E-state index is 4.55. The monoisotopic (exact) mass is 392 g/mol. The summed E-state index contributed by atoms with van der Waals surface area (Å²) < 4.78 is 0. The SMILES string of the molecule is CCC(C)(C)[C@@H]1CCc2sc3ncnc(N/N=C\c4ccc(C)cc4)c3c2C1. The van der Waals surface area contributed by atoms with Gasteiger partial charge >= 0.3 is 0 Å². The number of hydrazone groups is 1. The Balaban J connectivity index is 1.63. The number of hydrogen-bond acceptors (Lipinski definition) is 5. The van der Waals surface area contributed by atoms with Crippen molar-refractivity contribution in [2.75, 3.05) is 5.43 Å². The fourth-order valence-corrected chi connectivity index (χ4v) is 5.15. The second kappa shape index (κ2) is 7.63. The van der Waals surface area contributed by atoms with Crippen molar-refractivity contribution in [2.45, 2.75) is 53.4 Å². The lowest BCUT2D eigenvalue weighted by molar-refractivity contribution is 0.184. The molecule has 3 aromatic rings. The summed E-state index contributed by atoms with van der Waals surface area (Å²) in [6.45, 7) is 9.19. The molecule has 0 bridgehead atoms. The normalized spacial score (nSPS) is 17.2. The molecule has 0 amide bonds. The van der Waals surface area contributed by atoms with Crippen LogP contribution in [-0.4, -0.2) is 16.2 Å². The van der Waals surface area contributed by atoms with Crippen LogP contribution >= 0.6 is 11.3 Å². The highest BCUT2D eigenvalue weighted by molar-refractivity contribution is 7.19. The molecule has 4 rings (SSSR count). The maximum absolute atomic E-state index is 4.55. The van der Waals surface area contributed by atoms with Crippen molar-refractivity contribution in [2.24, 2.45) is 16.4 Å². The smallest absolute Gasteiger partial charge is 0.158 e. The van der Waals surface area contributed by atoms with E-state index < -0.39 is 0 Å². The summed E-state index contributed by atoms with van der Waals surface area (Å²) >= 11 is 1.82. The third kappa shape index (κ3) is 3.68. The molecular weight excluding hydrogens is 364 g/mol. The zero-order chi connectivity index (χ0) is 19.7. The van der Waals surface area contributed by atoms with Crippen molar-refractivity contribution < 1.29 is 0 Å². The third-order valence-electron chi connectivity index (χ3n) is 6.32. The molecule has 1 aliphatic carbocycles. The van der Waals surface area contributed by atoms with Crippen LogP contribution in [0.15, 0.2) is 35.7 Å². The highest BCUT2D eigenvalue weighted by atomic mass is 32.1. The summed E-state index contributed by atoms with van der Waals surface area (Å²) in [7, 11) is 0. The molecule has 146 valence electrons. The Labute approximate surface area is 171 Å². The molecule has 0 radical (unpaired) electrons. The van der Waals surface area contributed by atoms with E-state index in [9.17, 15) is 0 Å². The number of fused-ring (bicyclic) bond motifs is 3. The van der Waals surface area contributed by atoms with E-state index in [0.29, 0.717) is 11.3 Å². The van der Waals surface area contributed by atoms with Gasteiger partial charge in [0, 0.05) is 4.88 Å². The van der Waals surface area contributed by atoms with Gasteiger partial charge in [-0.1, -0.05) is 57.0 Å². The second-order valence-electron chi connectivity index (χ2n) is 8.47. The first-order valence-electron chi connectivity index (χ1n) is 10.1. The Morgan fingerprint density at radius 1 is 1.25 bits per heavy atom. The molecule has 0 unspecified atom stereocenters. The van der Waals surface area contributed by atoms with Crippen molar-refractivity contribution in [3.63, 3.8) is 0 Å². The molecule has 5 heteroatoms. The number of rotatable bonds is 5. The Morgan fingerprint density at radius 2 is 2.04 bits per heavy atom. The van der Waals surface area contributed by atoms with Gasteiger partial charge < -0.3 is 0 Å². The van der Waals surface area contributed by atoms with Crippen LogP contribution in [0, 0.1) is 18.3 Å². The number of benzene rings is 1. The highest BCUT2D eigenvalue weighted by Gasteiger charge is 2.33. The molecule has 1 N–H and O–H groups in total. The summed E-state index contributed by atoms with van der Waals surface area (Å²) in [5.41, 5.74) is 7.29. The average molecular weight is 393 g/mol. The van der Waals surface area contributed by atoms with Gasteiger partial charge in [0.2, 0.25) is 0 Å². The minimum absolute atomic E-state index is 0.360. The van der Waals surface area contributed by atoms with Gasteiger partial charge in [-0.25, -0.2) is 9.97 Å². The molecule has 0 saturated heterocycles. The standard InChI is InChI=1S/C23H28N4S/c1-5-23(3,4)17-10-11-19-18(12-17)20-21(24-14-25-22(20)28-19)27-26-13-16-8-6-15(2)7-9-16/h6-9,13-14,17H,5,10-12H2,1-4H3,(H,24,25,27)/b26-13-/t17-/m1/s1. The van der Waals surface area contributed by atoms with Crippen molar-refractivity contribution in [3.8, 4) is 0 Å². The molecule has 1 atom stereocenters. The van der Waals surface area contributed by atoms with E-state index in [-0.39, 0.29) is 0 Å². The summed E-state index contributed by atoms with van der Waals surface area (Å²) in [6.07, 6.45) is 8.22. The topological polar surface area (TPSA) is 50.2 Å². The molecule has 0 aliphatic heterocycles. The van der Waals surface area contributed by atoms with Gasteiger partial charge in [0.05, 0.1) is 11.6 Å². The molecule has 1 aromatic carbocycles. The molecule has 28 heavy (non-hydrogen) atoms.